The molecule has 17 heavy (non-hydrogen) atoms. The standard InChI is InChI=1S/C14H24N2O/c17-13-14(6-9-15-10-7-14)8-11-16(13)12-4-2-1-3-5-12/h12,15H,1-11H2. The van der Waals surface area contributed by atoms with E-state index in [0.717, 1.165) is 38.9 Å². The van der Waals surface area contributed by atoms with Crippen molar-refractivity contribution in [3.05, 3.63) is 0 Å². The van der Waals surface area contributed by atoms with Crippen molar-refractivity contribution >= 4 is 5.91 Å². The molecule has 0 unspecified atom stereocenters. The molecule has 2 aliphatic heterocycles. The normalized spacial score (nSPS) is 30.1. The van der Waals surface area contributed by atoms with Crippen molar-refractivity contribution in [3.63, 3.8) is 0 Å². The van der Waals surface area contributed by atoms with E-state index in [1.165, 1.54) is 32.1 Å². The average molecular weight is 236 g/mol. The summed E-state index contributed by atoms with van der Waals surface area (Å²) in [4.78, 5) is 14.9. The highest BCUT2D eigenvalue weighted by atomic mass is 16.2. The fourth-order valence-electron chi connectivity index (χ4n) is 3.96. The topological polar surface area (TPSA) is 32.3 Å². The summed E-state index contributed by atoms with van der Waals surface area (Å²) in [5, 5.41) is 3.38. The highest BCUT2D eigenvalue weighted by molar-refractivity contribution is 5.85. The second-order valence-electron chi connectivity index (χ2n) is 6.07. The fourth-order valence-corrected chi connectivity index (χ4v) is 3.96. The van der Waals surface area contributed by atoms with Gasteiger partial charge in [-0.05, 0) is 45.2 Å². The van der Waals surface area contributed by atoms with Crippen LogP contribution in [-0.4, -0.2) is 36.5 Å². The maximum atomic E-state index is 12.7. The van der Waals surface area contributed by atoms with Gasteiger partial charge in [0.05, 0.1) is 5.41 Å². The Labute approximate surface area is 104 Å². The Bertz CT molecular complexity index is 291. The van der Waals surface area contributed by atoms with Crippen molar-refractivity contribution in [2.75, 3.05) is 19.6 Å². The molecule has 3 heteroatoms. The van der Waals surface area contributed by atoms with Gasteiger partial charge in [0.15, 0.2) is 0 Å². The van der Waals surface area contributed by atoms with E-state index >= 15 is 0 Å². The van der Waals surface area contributed by atoms with Crippen molar-refractivity contribution in [2.24, 2.45) is 5.41 Å². The molecule has 3 nitrogen and oxygen atoms in total. The highest BCUT2D eigenvalue weighted by Crippen LogP contribution is 2.42. The van der Waals surface area contributed by atoms with Crippen LogP contribution in [0.15, 0.2) is 0 Å². The molecule has 2 saturated heterocycles. The van der Waals surface area contributed by atoms with Gasteiger partial charge in [-0.3, -0.25) is 4.79 Å². The first-order valence-electron chi connectivity index (χ1n) is 7.34. The zero-order chi connectivity index (χ0) is 11.7. The van der Waals surface area contributed by atoms with Crippen molar-refractivity contribution in [3.8, 4) is 0 Å². The lowest BCUT2D eigenvalue weighted by atomic mass is 9.77. The number of carbonyl (C=O) groups is 1. The van der Waals surface area contributed by atoms with Crippen LogP contribution in [0.25, 0.3) is 0 Å². The van der Waals surface area contributed by atoms with Crippen molar-refractivity contribution in [1.29, 1.82) is 0 Å². The quantitative estimate of drug-likeness (QED) is 0.754. The molecule has 3 aliphatic rings. The number of piperidine rings is 1. The van der Waals surface area contributed by atoms with Crippen LogP contribution >= 0.6 is 0 Å². The van der Waals surface area contributed by atoms with Crippen LogP contribution in [-0.2, 0) is 4.79 Å². The summed E-state index contributed by atoms with van der Waals surface area (Å²) in [6.45, 7) is 3.10. The van der Waals surface area contributed by atoms with Crippen LogP contribution in [0.5, 0.6) is 0 Å². The average Bonchev–Trinajstić information content (AvgIpc) is 2.70. The van der Waals surface area contributed by atoms with Crippen LogP contribution in [0.4, 0.5) is 0 Å². The molecule has 0 atom stereocenters. The van der Waals surface area contributed by atoms with Crippen molar-refractivity contribution < 1.29 is 4.79 Å². The zero-order valence-corrected chi connectivity index (χ0v) is 10.7. The van der Waals surface area contributed by atoms with Gasteiger partial charge in [0.1, 0.15) is 0 Å². The van der Waals surface area contributed by atoms with Crippen LogP contribution in [0.1, 0.15) is 51.4 Å². The number of amides is 1. The molecule has 0 radical (unpaired) electrons. The molecule has 0 aromatic carbocycles. The lowest BCUT2D eigenvalue weighted by molar-refractivity contribution is -0.139. The zero-order valence-electron chi connectivity index (χ0n) is 10.7. The first-order valence-corrected chi connectivity index (χ1v) is 7.34. The Kier molecular flexibility index (Phi) is 3.12. The smallest absolute Gasteiger partial charge is 0.229 e. The van der Waals surface area contributed by atoms with Crippen molar-refractivity contribution in [1.82, 2.24) is 10.2 Å². The minimum absolute atomic E-state index is 0.0305. The summed E-state index contributed by atoms with van der Waals surface area (Å²) in [7, 11) is 0. The van der Waals surface area contributed by atoms with E-state index in [4.69, 9.17) is 0 Å². The Hall–Kier alpha value is -0.570. The molecule has 0 aromatic heterocycles. The molecule has 0 bridgehead atoms. The van der Waals surface area contributed by atoms with E-state index in [0.29, 0.717) is 11.9 Å². The lowest BCUT2D eigenvalue weighted by Gasteiger charge is -2.35. The molecule has 1 amide bonds. The second-order valence-corrected chi connectivity index (χ2v) is 6.07. The summed E-state index contributed by atoms with van der Waals surface area (Å²) in [6, 6.07) is 0.575. The first-order chi connectivity index (χ1) is 8.32. The monoisotopic (exact) mass is 236 g/mol. The van der Waals surface area contributed by atoms with Crippen molar-refractivity contribution in [2.45, 2.75) is 57.4 Å². The van der Waals surface area contributed by atoms with Gasteiger partial charge in [0.2, 0.25) is 5.91 Å². The molecule has 1 aliphatic carbocycles. The molecule has 96 valence electrons. The van der Waals surface area contributed by atoms with E-state index in [2.05, 4.69) is 10.2 Å². The SMILES string of the molecule is O=C1N(C2CCCCC2)CCC12CCNCC2. The minimum Gasteiger partial charge on any atom is -0.339 e. The summed E-state index contributed by atoms with van der Waals surface area (Å²) < 4.78 is 0. The van der Waals surface area contributed by atoms with Gasteiger partial charge in [-0.25, -0.2) is 0 Å². The van der Waals surface area contributed by atoms with Crippen LogP contribution < -0.4 is 5.32 Å². The number of nitrogens with one attached hydrogen (secondary N) is 1. The predicted molar refractivity (Wildman–Crippen MR) is 67.7 cm³/mol. The molecule has 3 fully saturated rings. The molecule has 2 heterocycles. The molecular weight excluding hydrogens is 212 g/mol. The van der Waals surface area contributed by atoms with Gasteiger partial charge in [-0.2, -0.15) is 0 Å². The molecule has 1 spiro atoms. The van der Waals surface area contributed by atoms with Gasteiger partial charge in [0, 0.05) is 12.6 Å². The summed E-state index contributed by atoms with van der Waals surface area (Å²) in [5.41, 5.74) is 0.0305. The van der Waals surface area contributed by atoms with Gasteiger partial charge >= 0.3 is 0 Å². The van der Waals surface area contributed by atoms with E-state index < -0.39 is 0 Å². The number of hydrogen-bond acceptors (Lipinski definition) is 2. The number of nitrogens with zero attached hydrogens (tertiary/aromatic N) is 1. The highest BCUT2D eigenvalue weighted by Gasteiger charge is 2.48. The number of rotatable bonds is 1. The summed E-state index contributed by atoms with van der Waals surface area (Å²) in [6.07, 6.45) is 9.76. The van der Waals surface area contributed by atoms with E-state index in [1.54, 1.807) is 0 Å². The number of carbonyl (C=O) groups excluding carboxylic acids is 1. The maximum Gasteiger partial charge on any atom is 0.229 e. The van der Waals surface area contributed by atoms with Gasteiger partial charge in [0.25, 0.3) is 0 Å². The third-order valence-corrected chi connectivity index (χ3v) is 5.12. The van der Waals surface area contributed by atoms with E-state index in [1.807, 2.05) is 0 Å². The molecule has 3 rings (SSSR count). The molecular formula is C14H24N2O. The fraction of sp³-hybridized carbons (Fsp3) is 0.929. The Balaban J connectivity index is 1.70. The van der Waals surface area contributed by atoms with E-state index in [-0.39, 0.29) is 5.41 Å². The minimum atomic E-state index is 0.0305. The molecule has 0 aromatic rings. The lowest BCUT2D eigenvalue weighted by Crippen LogP contribution is -2.45. The Morgan fingerprint density at radius 3 is 2.47 bits per heavy atom. The molecule has 1 N–H and O–H groups in total. The van der Waals surface area contributed by atoms with Gasteiger partial charge in [-0.15, -0.1) is 0 Å². The Morgan fingerprint density at radius 1 is 1.06 bits per heavy atom. The van der Waals surface area contributed by atoms with Gasteiger partial charge < -0.3 is 10.2 Å². The Morgan fingerprint density at radius 2 is 1.76 bits per heavy atom. The largest absolute Gasteiger partial charge is 0.339 e. The number of hydrogen-bond donors (Lipinski definition) is 1. The second kappa shape index (κ2) is 4.60. The maximum absolute atomic E-state index is 12.7. The number of likely N-dealkylation sites (tertiary alicyclic amines) is 1. The summed E-state index contributed by atoms with van der Waals surface area (Å²) in [5.74, 6) is 0.492. The van der Waals surface area contributed by atoms with Gasteiger partial charge in [-0.1, -0.05) is 19.3 Å². The molecule has 1 saturated carbocycles. The predicted octanol–water partition coefficient (Wildman–Crippen LogP) is 1.92. The third-order valence-electron chi connectivity index (χ3n) is 5.12. The third kappa shape index (κ3) is 1.99. The van der Waals surface area contributed by atoms with Crippen LogP contribution in [0.3, 0.4) is 0 Å². The summed E-state index contributed by atoms with van der Waals surface area (Å²) >= 11 is 0. The van der Waals surface area contributed by atoms with E-state index in [9.17, 15) is 4.79 Å². The van der Waals surface area contributed by atoms with Crippen LogP contribution in [0.2, 0.25) is 0 Å². The first kappa shape index (κ1) is 11.5. The van der Waals surface area contributed by atoms with Crippen LogP contribution in [0, 0.1) is 5.41 Å².